The number of nitrogens with one attached hydrogen (secondary N) is 1. The van der Waals surface area contributed by atoms with Gasteiger partial charge in [-0.1, -0.05) is 25.5 Å². The van der Waals surface area contributed by atoms with Crippen molar-refractivity contribution in [3.63, 3.8) is 0 Å². The third-order valence-corrected chi connectivity index (χ3v) is 3.94. The second-order valence-corrected chi connectivity index (χ2v) is 5.23. The van der Waals surface area contributed by atoms with E-state index in [1.165, 1.54) is 6.42 Å². The van der Waals surface area contributed by atoms with Crippen LogP contribution in [0.1, 0.15) is 49.4 Å². The molecule has 0 aliphatic carbocycles. The minimum Gasteiger partial charge on any atom is -0.387 e. The molecule has 1 aliphatic rings. The minimum absolute atomic E-state index is 0.183. The van der Waals surface area contributed by atoms with Crippen LogP contribution in [0.3, 0.4) is 0 Å². The molecule has 1 amide bonds. The fourth-order valence-corrected chi connectivity index (χ4v) is 2.94. The first kappa shape index (κ1) is 13.9. The summed E-state index contributed by atoms with van der Waals surface area (Å²) < 4.78 is 0. The largest absolute Gasteiger partial charge is 0.387 e. The number of piperidine rings is 1. The van der Waals surface area contributed by atoms with Gasteiger partial charge in [-0.05, 0) is 37.8 Å². The summed E-state index contributed by atoms with van der Waals surface area (Å²) in [6.45, 7) is 3.10. The van der Waals surface area contributed by atoms with E-state index in [4.69, 9.17) is 0 Å². The van der Waals surface area contributed by atoms with Crippen LogP contribution < -0.4 is 5.32 Å². The molecule has 0 spiro atoms. The molecule has 1 heterocycles. The van der Waals surface area contributed by atoms with Gasteiger partial charge in [-0.3, -0.25) is 4.79 Å². The summed E-state index contributed by atoms with van der Waals surface area (Å²) in [5.74, 6) is 0.183. The zero-order valence-electron chi connectivity index (χ0n) is 12.0. The number of para-hydroxylation sites is 1. The van der Waals surface area contributed by atoms with Gasteiger partial charge in [0.05, 0.1) is 5.56 Å². The van der Waals surface area contributed by atoms with Crippen molar-refractivity contribution >= 4 is 11.6 Å². The van der Waals surface area contributed by atoms with Crippen LogP contribution in [-0.4, -0.2) is 30.4 Å². The van der Waals surface area contributed by atoms with Gasteiger partial charge in [0.25, 0.3) is 5.91 Å². The third-order valence-electron chi connectivity index (χ3n) is 3.94. The van der Waals surface area contributed by atoms with Crippen LogP contribution in [0.15, 0.2) is 24.3 Å². The first-order valence-electron chi connectivity index (χ1n) is 7.35. The van der Waals surface area contributed by atoms with Crippen LogP contribution in [0.5, 0.6) is 0 Å². The molecular formula is C16H24N2O. The molecule has 3 heteroatoms. The molecule has 1 saturated heterocycles. The van der Waals surface area contributed by atoms with E-state index in [2.05, 4.69) is 17.1 Å². The smallest absolute Gasteiger partial charge is 0.256 e. The quantitative estimate of drug-likeness (QED) is 0.898. The number of likely N-dealkylation sites (tertiary alicyclic amines) is 1. The lowest BCUT2D eigenvalue weighted by Gasteiger charge is -2.36. The number of benzene rings is 1. The third kappa shape index (κ3) is 3.09. The van der Waals surface area contributed by atoms with Crippen molar-refractivity contribution in [2.45, 2.75) is 45.1 Å². The number of nitrogens with zero attached hydrogens (tertiary/aromatic N) is 1. The Balaban J connectivity index is 2.21. The summed E-state index contributed by atoms with van der Waals surface area (Å²) in [6.07, 6.45) is 5.80. The van der Waals surface area contributed by atoms with Crippen molar-refractivity contribution in [1.29, 1.82) is 0 Å². The Hall–Kier alpha value is -1.51. The Morgan fingerprint density at radius 3 is 2.89 bits per heavy atom. The van der Waals surface area contributed by atoms with Crippen LogP contribution in [0, 0.1) is 0 Å². The molecule has 3 nitrogen and oxygen atoms in total. The number of hydrogen-bond donors (Lipinski definition) is 1. The molecule has 2 rings (SSSR count). The van der Waals surface area contributed by atoms with E-state index < -0.39 is 0 Å². The fourth-order valence-electron chi connectivity index (χ4n) is 2.94. The normalized spacial score (nSPS) is 19.3. The van der Waals surface area contributed by atoms with Crippen LogP contribution >= 0.6 is 0 Å². The van der Waals surface area contributed by atoms with Crippen LogP contribution in [0.25, 0.3) is 0 Å². The van der Waals surface area contributed by atoms with Crippen molar-refractivity contribution in [1.82, 2.24) is 4.90 Å². The highest BCUT2D eigenvalue weighted by Crippen LogP contribution is 2.25. The van der Waals surface area contributed by atoms with Crippen LogP contribution in [-0.2, 0) is 0 Å². The number of amides is 1. The van der Waals surface area contributed by atoms with E-state index in [-0.39, 0.29) is 5.91 Å². The molecule has 1 unspecified atom stereocenters. The Kier molecular flexibility index (Phi) is 4.83. The molecule has 0 saturated carbocycles. The second kappa shape index (κ2) is 6.60. The van der Waals surface area contributed by atoms with Gasteiger partial charge in [0.2, 0.25) is 0 Å². The molecule has 104 valence electrons. The minimum atomic E-state index is 0.183. The lowest BCUT2D eigenvalue weighted by molar-refractivity contribution is 0.0601. The highest BCUT2D eigenvalue weighted by atomic mass is 16.2. The molecule has 1 aliphatic heterocycles. The van der Waals surface area contributed by atoms with Gasteiger partial charge in [-0.25, -0.2) is 0 Å². The Morgan fingerprint density at radius 2 is 2.16 bits per heavy atom. The molecule has 1 aromatic rings. The number of carbonyl (C=O) groups excluding carboxylic acids is 1. The first-order chi connectivity index (χ1) is 9.27. The maximum atomic E-state index is 12.8. The summed E-state index contributed by atoms with van der Waals surface area (Å²) in [6, 6.07) is 8.21. The summed E-state index contributed by atoms with van der Waals surface area (Å²) in [4.78, 5) is 14.8. The zero-order valence-corrected chi connectivity index (χ0v) is 12.0. The average molecular weight is 260 g/mol. The second-order valence-electron chi connectivity index (χ2n) is 5.23. The van der Waals surface area contributed by atoms with E-state index in [1.54, 1.807) is 0 Å². The summed E-state index contributed by atoms with van der Waals surface area (Å²) in [5.41, 5.74) is 1.72. The number of rotatable bonds is 4. The van der Waals surface area contributed by atoms with Crippen molar-refractivity contribution < 1.29 is 4.79 Å². The van der Waals surface area contributed by atoms with Gasteiger partial charge >= 0.3 is 0 Å². The SMILES string of the molecule is CCCC1CCCCN1C(=O)c1ccccc1NC. The van der Waals surface area contributed by atoms with E-state index in [9.17, 15) is 4.79 Å². The predicted molar refractivity (Wildman–Crippen MR) is 79.6 cm³/mol. The van der Waals surface area contributed by atoms with Crippen LogP contribution in [0.4, 0.5) is 5.69 Å². The van der Waals surface area contributed by atoms with E-state index >= 15 is 0 Å². The average Bonchev–Trinajstić information content (AvgIpc) is 2.47. The molecule has 1 fully saturated rings. The van der Waals surface area contributed by atoms with Gasteiger partial charge in [0.15, 0.2) is 0 Å². The summed E-state index contributed by atoms with van der Waals surface area (Å²) in [5, 5.41) is 3.11. The van der Waals surface area contributed by atoms with Crippen molar-refractivity contribution in [3.05, 3.63) is 29.8 Å². The van der Waals surface area contributed by atoms with Gasteiger partial charge in [-0.15, -0.1) is 0 Å². The molecule has 0 radical (unpaired) electrons. The van der Waals surface area contributed by atoms with Crippen LogP contribution in [0.2, 0.25) is 0 Å². The summed E-state index contributed by atoms with van der Waals surface area (Å²) >= 11 is 0. The van der Waals surface area contributed by atoms with E-state index in [0.29, 0.717) is 6.04 Å². The summed E-state index contributed by atoms with van der Waals surface area (Å²) in [7, 11) is 1.87. The maximum Gasteiger partial charge on any atom is 0.256 e. The number of hydrogen-bond acceptors (Lipinski definition) is 2. The van der Waals surface area contributed by atoms with Crippen molar-refractivity contribution in [3.8, 4) is 0 Å². The Labute approximate surface area is 116 Å². The lowest BCUT2D eigenvalue weighted by Crippen LogP contribution is -2.43. The van der Waals surface area contributed by atoms with Gasteiger partial charge in [-0.2, -0.15) is 0 Å². The maximum absolute atomic E-state index is 12.8. The van der Waals surface area contributed by atoms with E-state index in [0.717, 1.165) is 43.5 Å². The molecular weight excluding hydrogens is 236 g/mol. The standard InChI is InChI=1S/C16H24N2O/c1-3-8-13-9-6-7-12-18(13)16(19)14-10-4-5-11-15(14)17-2/h4-5,10-11,13,17H,3,6-9,12H2,1-2H3. The fraction of sp³-hybridized carbons (Fsp3) is 0.562. The number of anilines is 1. The molecule has 1 atom stereocenters. The van der Waals surface area contributed by atoms with Gasteiger partial charge in [0.1, 0.15) is 0 Å². The molecule has 1 aromatic carbocycles. The van der Waals surface area contributed by atoms with Gasteiger partial charge in [0, 0.05) is 25.3 Å². The zero-order chi connectivity index (χ0) is 13.7. The monoisotopic (exact) mass is 260 g/mol. The van der Waals surface area contributed by atoms with Gasteiger partial charge < -0.3 is 10.2 Å². The topological polar surface area (TPSA) is 32.3 Å². The predicted octanol–water partition coefficient (Wildman–Crippen LogP) is 3.52. The molecule has 19 heavy (non-hydrogen) atoms. The number of carbonyl (C=O) groups is 1. The molecule has 1 N–H and O–H groups in total. The van der Waals surface area contributed by atoms with E-state index in [1.807, 2.05) is 31.3 Å². The Morgan fingerprint density at radius 1 is 1.37 bits per heavy atom. The molecule has 0 aromatic heterocycles. The van der Waals surface area contributed by atoms with Crippen molar-refractivity contribution in [2.75, 3.05) is 18.9 Å². The highest BCUT2D eigenvalue weighted by Gasteiger charge is 2.27. The molecule has 0 bridgehead atoms. The Bertz CT molecular complexity index is 429. The highest BCUT2D eigenvalue weighted by molar-refractivity contribution is 5.99. The van der Waals surface area contributed by atoms with Crippen molar-refractivity contribution in [2.24, 2.45) is 0 Å². The first-order valence-corrected chi connectivity index (χ1v) is 7.35. The lowest BCUT2D eigenvalue weighted by atomic mass is 9.97.